The van der Waals surface area contributed by atoms with Gasteiger partial charge in [-0.05, 0) is 41.3 Å². The lowest BCUT2D eigenvalue weighted by molar-refractivity contribution is 0.415. The minimum atomic E-state index is 0.115. The van der Waals surface area contributed by atoms with Gasteiger partial charge in [0, 0.05) is 16.7 Å². The molecule has 0 amide bonds. The molecule has 1 aliphatic heterocycles. The van der Waals surface area contributed by atoms with Crippen LogP contribution in [0.1, 0.15) is 43.0 Å². The summed E-state index contributed by atoms with van der Waals surface area (Å²) < 4.78 is 5.28. The fourth-order valence-corrected chi connectivity index (χ4v) is 3.31. The Labute approximate surface area is 172 Å². The molecule has 4 heteroatoms. The molecule has 0 saturated heterocycles. The number of aliphatic imine (C=N–C) groups is 1. The van der Waals surface area contributed by atoms with Crippen LogP contribution in [0.4, 0.5) is 5.69 Å². The second-order valence-electron chi connectivity index (χ2n) is 8.11. The van der Waals surface area contributed by atoms with E-state index in [0.717, 1.165) is 39.7 Å². The lowest BCUT2D eigenvalue weighted by Crippen LogP contribution is -2.20. The summed E-state index contributed by atoms with van der Waals surface area (Å²) in [6.07, 6.45) is 0. The van der Waals surface area contributed by atoms with E-state index < -0.39 is 0 Å². The zero-order valence-electron chi connectivity index (χ0n) is 17.2. The van der Waals surface area contributed by atoms with Crippen LogP contribution in [-0.2, 0) is 5.41 Å². The van der Waals surface area contributed by atoms with Crippen molar-refractivity contribution in [3.8, 4) is 5.75 Å². The first kappa shape index (κ1) is 18.9. The maximum Gasteiger partial charge on any atom is 0.154 e. The highest BCUT2D eigenvalue weighted by molar-refractivity contribution is 6.18. The van der Waals surface area contributed by atoms with Crippen LogP contribution in [0.15, 0.2) is 82.9 Å². The second-order valence-corrected chi connectivity index (χ2v) is 8.11. The molecule has 0 bridgehead atoms. The molecule has 146 valence electrons. The molecule has 3 aromatic rings. The van der Waals surface area contributed by atoms with Crippen molar-refractivity contribution in [3.63, 3.8) is 0 Å². The van der Waals surface area contributed by atoms with Gasteiger partial charge in [-0.1, -0.05) is 63.2 Å². The van der Waals surface area contributed by atoms with Crippen molar-refractivity contribution in [3.05, 3.63) is 95.1 Å². The molecular weight excluding hydrogens is 358 g/mol. The van der Waals surface area contributed by atoms with Crippen LogP contribution in [-0.4, -0.2) is 18.7 Å². The van der Waals surface area contributed by atoms with Crippen LogP contribution in [0, 0.1) is 0 Å². The van der Waals surface area contributed by atoms with Crippen molar-refractivity contribution < 1.29 is 4.74 Å². The highest BCUT2D eigenvalue weighted by Crippen LogP contribution is 2.27. The number of hydrogen-bond acceptors (Lipinski definition) is 4. The molecule has 1 N–H and O–H groups in total. The Morgan fingerprint density at radius 1 is 0.793 bits per heavy atom. The number of methoxy groups -OCH3 is 1. The van der Waals surface area contributed by atoms with Crippen molar-refractivity contribution in [2.45, 2.75) is 26.2 Å². The number of ether oxygens (including phenoxy) is 1. The quantitative estimate of drug-likeness (QED) is 0.656. The summed E-state index contributed by atoms with van der Waals surface area (Å²) in [6.45, 7) is 6.64. The number of nitrogens with zero attached hydrogens (tertiary/aromatic N) is 2. The summed E-state index contributed by atoms with van der Waals surface area (Å²) in [7, 11) is 1.67. The molecule has 4 rings (SSSR count). The summed E-state index contributed by atoms with van der Waals surface area (Å²) in [5, 5.41) is 4.71. The minimum absolute atomic E-state index is 0.115. The van der Waals surface area contributed by atoms with Gasteiger partial charge in [-0.2, -0.15) is 5.10 Å². The molecule has 0 radical (unpaired) electrons. The van der Waals surface area contributed by atoms with E-state index in [1.54, 1.807) is 7.11 Å². The lowest BCUT2D eigenvalue weighted by Gasteiger charge is -2.19. The second kappa shape index (κ2) is 7.55. The first-order valence-corrected chi connectivity index (χ1v) is 9.73. The molecular formula is C25H25N3O. The third-order valence-electron chi connectivity index (χ3n) is 5.05. The summed E-state index contributed by atoms with van der Waals surface area (Å²) in [4.78, 5) is 4.88. The largest absolute Gasteiger partial charge is 0.497 e. The molecule has 0 saturated carbocycles. The van der Waals surface area contributed by atoms with Gasteiger partial charge in [0.1, 0.15) is 5.75 Å². The maximum atomic E-state index is 5.28. The van der Waals surface area contributed by atoms with E-state index in [-0.39, 0.29) is 5.41 Å². The molecule has 0 atom stereocenters. The van der Waals surface area contributed by atoms with Crippen molar-refractivity contribution >= 4 is 17.2 Å². The molecule has 0 fully saturated rings. The summed E-state index contributed by atoms with van der Waals surface area (Å²) in [6, 6.07) is 24.5. The van der Waals surface area contributed by atoms with Gasteiger partial charge >= 0.3 is 0 Å². The Balaban J connectivity index is 1.74. The van der Waals surface area contributed by atoms with E-state index in [4.69, 9.17) is 14.8 Å². The number of benzene rings is 3. The SMILES string of the molecule is COc1ccc(C2=NNC(c3ccc(C(C)(C)C)cc3)=Nc3ccccc32)cc1. The molecule has 0 aromatic heterocycles. The van der Waals surface area contributed by atoms with E-state index in [2.05, 4.69) is 56.5 Å². The van der Waals surface area contributed by atoms with Gasteiger partial charge in [-0.15, -0.1) is 0 Å². The first-order chi connectivity index (χ1) is 14.0. The third kappa shape index (κ3) is 3.92. The molecule has 0 unspecified atom stereocenters. The van der Waals surface area contributed by atoms with Crippen molar-refractivity contribution in [1.82, 2.24) is 5.43 Å². The Hall–Kier alpha value is -3.40. The van der Waals surface area contributed by atoms with Gasteiger partial charge in [-0.3, -0.25) is 5.43 Å². The average molecular weight is 383 g/mol. The number of rotatable bonds is 3. The van der Waals surface area contributed by atoms with E-state index >= 15 is 0 Å². The Kier molecular flexibility index (Phi) is 4.93. The summed E-state index contributed by atoms with van der Waals surface area (Å²) >= 11 is 0. The van der Waals surface area contributed by atoms with E-state index in [0.29, 0.717) is 0 Å². The summed E-state index contributed by atoms with van der Waals surface area (Å²) in [5.74, 6) is 1.56. The topological polar surface area (TPSA) is 46.0 Å². The number of nitrogens with one attached hydrogen (secondary N) is 1. The fraction of sp³-hybridized carbons (Fsp3) is 0.200. The van der Waals surface area contributed by atoms with Crippen LogP contribution in [0.3, 0.4) is 0 Å². The number of hydrazone groups is 1. The fourth-order valence-electron chi connectivity index (χ4n) is 3.31. The standard InChI is InChI=1S/C25H25N3O/c1-25(2,3)19-13-9-18(10-14-19)24-26-22-8-6-5-7-21(22)23(27-28-24)17-11-15-20(29-4)16-12-17/h5-16H,1-4H3,(H,26,28). The predicted molar refractivity (Wildman–Crippen MR) is 120 cm³/mol. The lowest BCUT2D eigenvalue weighted by atomic mass is 9.86. The van der Waals surface area contributed by atoms with Gasteiger partial charge in [0.25, 0.3) is 0 Å². The number of amidine groups is 1. The van der Waals surface area contributed by atoms with Crippen molar-refractivity contribution in [2.24, 2.45) is 10.1 Å². The third-order valence-corrected chi connectivity index (χ3v) is 5.05. The zero-order valence-corrected chi connectivity index (χ0v) is 17.2. The minimum Gasteiger partial charge on any atom is -0.497 e. The van der Waals surface area contributed by atoms with E-state index in [9.17, 15) is 0 Å². The normalized spacial score (nSPS) is 13.5. The highest BCUT2D eigenvalue weighted by atomic mass is 16.5. The predicted octanol–water partition coefficient (Wildman–Crippen LogP) is 5.43. The monoisotopic (exact) mass is 383 g/mol. The highest BCUT2D eigenvalue weighted by Gasteiger charge is 2.18. The maximum absolute atomic E-state index is 5.28. The molecule has 29 heavy (non-hydrogen) atoms. The zero-order chi connectivity index (χ0) is 20.4. The van der Waals surface area contributed by atoms with Crippen LogP contribution >= 0.6 is 0 Å². The van der Waals surface area contributed by atoms with Crippen LogP contribution < -0.4 is 10.2 Å². The Bertz CT molecular complexity index is 1070. The number of hydrogen-bond donors (Lipinski definition) is 1. The van der Waals surface area contributed by atoms with Crippen molar-refractivity contribution in [1.29, 1.82) is 0 Å². The number of para-hydroxylation sites is 1. The van der Waals surface area contributed by atoms with E-state index in [1.807, 2.05) is 42.5 Å². The molecule has 4 nitrogen and oxygen atoms in total. The van der Waals surface area contributed by atoms with Gasteiger partial charge in [0.05, 0.1) is 18.5 Å². The average Bonchev–Trinajstić information content (AvgIpc) is 2.93. The van der Waals surface area contributed by atoms with Crippen LogP contribution in [0.2, 0.25) is 0 Å². The molecule has 1 aliphatic rings. The summed E-state index contributed by atoms with van der Waals surface area (Å²) in [5.41, 5.74) is 9.34. The number of fused-ring (bicyclic) bond motifs is 1. The van der Waals surface area contributed by atoms with Crippen molar-refractivity contribution in [2.75, 3.05) is 7.11 Å². The Morgan fingerprint density at radius 2 is 1.45 bits per heavy atom. The first-order valence-electron chi connectivity index (χ1n) is 9.73. The van der Waals surface area contributed by atoms with Crippen LogP contribution in [0.5, 0.6) is 5.75 Å². The van der Waals surface area contributed by atoms with Gasteiger partial charge in [0.2, 0.25) is 0 Å². The molecule has 3 aromatic carbocycles. The van der Waals surface area contributed by atoms with Gasteiger partial charge < -0.3 is 4.74 Å². The van der Waals surface area contributed by atoms with Gasteiger partial charge in [-0.25, -0.2) is 4.99 Å². The Morgan fingerprint density at radius 3 is 2.10 bits per heavy atom. The molecule has 0 spiro atoms. The van der Waals surface area contributed by atoms with Gasteiger partial charge in [0.15, 0.2) is 5.84 Å². The molecule has 1 heterocycles. The van der Waals surface area contributed by atoms with Crippen LogP contribution in [0.25, 0.3) is 0 Å². The van der Waals surface area contributed by atoms with E-state index in [1.165, 1.54) is 5.56 Å². The smallest absolute Gasteiger partial charge is 0.154 e. The molecule has 0 aliphatic carbocycles.